The van der Waals surface area contributed by atoms with Crippen molar-refractivity contribution < 1.29 is 18.7 Å². The van der Waals surface area contributed by atoms with Crippen molar-refractivity contribution in [2.24, 2.45) is 0 Å². The van der Waals surface area contributed by atoms with Gasteiger partial charge in [0, 0.05) is 30.4 Å². The molecule has 0 aliphatic rings. The summed E-state index contributed by atoms with van der Waals surface area (Å²) in [6.45, 7) is 0.200. The average molecular weight is 393 g/mol. The van der Waals surface area contributed by atoms with Crippen molar-refractivity contribution >= 4 is 23.3 Å². The fourth-order valence-corrected chi connectivity index (χ4v) is 2.48. The number of ether oxygens (including phenoxy) is 1. The molecule has 0 saturated carbocycles. The molecule has 29 heavy (non-hydrogen) atoms. The fourth-order valence-electron chi connectivity index (χ4n) is 2.48. The zero-order chi connectivity index (χ0) is 20.5. The van der Waals surface area contributed by atoms with Gasteiger partial charge in [0.2, 0.25) is 5.91 Å². The van der Waals surface area contributed by atoms with Gasteiger partial charge in [-0.2, -0.15) is 0 Å². The first-order valence-electron chi connectivity index (χ1n) is 9.02. The van der Waals surface area contributed by atoms with Crippen LogP contribution in [0.1, 0.15) is 6.42 Å². The Bertz CT molecular complexity index is 963. The van der Waals surface area contributed by atoms with Gasteiger partial charge >= 0.3 is 6.03 Å². The number of rotatable bonds is 7. The second-order valence-electron chi connectivity index (χ2n) is 6.13. The minimum absolute atomic E-state index is 0.129. The molecule has 3 rings (SSSR count). The van der Waals surface area contributed by atoms with Crippen molar-refractivity contribution in [1.82, 2.24) is 5.32 Å². The highest BCUT2D eigenvalue weighted by molar-refractivity contribution is 5.92. The number of para-hydroxylation sites is 1. The van der Waals surface area contributed by atoms with E-state index in [1.165, 1.54) is 12.1 Å². The van der Waals surface area contributed by atoms with Crippen LogP contribution in [0.15, 0.2) is 78.9 Å². The number of benzene rings is 3. The first-order chi connectivity index (χ1) is 14.1. The molecule has 0 aromatic heterocycles. The minimum Gasteiger partial charge on any atom is -0.457 e. The van der Waals surface area contributed by atoms with Gasteiger partial charge in [-0.05, 0) is 48.5 Å². The largest absolute Gasteiger partial charge is 0.457 e. The van der Waals surface area contributed by atoms with E-state index in [0.717, 1.165) is 0 Å². The zero-order valence-electron chi connectivity index (χ0n) is 15.5. The number of hydrogen-bond acceptors (Lipinski definition) is 3. The van der Waals surface area contributed by atoms with Gasteiger partial charge in [-0.1, -0.05) is 24.3 Å². The van der Waals surface area contributed by atoms with Crippen LogP contribution in [0.3, 0.4) is 0 Å². The van der Waals surface area contributed by atoms with Crippen LogP contribution in [0.2, 0.25) is 0 Å². The number of urea groups is 1. The van der Waals surface area contributed by atoms with E-state index in [4.69, 9.17) is 4.74 Å². The van der Waals surface area contributed by atoms with Crippen LogP contribution in [-0.2, 0) is 4.79 Å². The molecule has 0 fully saturated rings. The molecule has 3 aromatic rings. The summed E-state index contributed by atoms with van der Waals surface area (Å²) >= 11 is 0. The fraction of sp³-hybridized carbons (Fsp3) is 0.0909. The molecule has 0 bridgehead atoms. The zero-order valence-corrected chi connectivity index (χ0v) is 15.5. The molecule has 0 aliphatic carbocycles. The highest BCUT2D eigenvalue weighted by atomic mass is 19.1. The molecule has 0 unspecified atom stereocenters. The molecule has 7 heteroatoms. The third kappa shape index (κ3) is 6.66. The summed E-state index contributed by atoms with van der Waals surface area (Å²) in [5.41, 5.74) is 1.27. The lowest BCUT2D eigenvalue weighted by atomic mass is 10.3. The number of amides is 3. The first kappa shape index (κ1) is 19.9. The molecule has 3 amide bonds. The van der Waals surface area contributed by atoms with E-state index in [9.17, 15) is 14.0 Å². The van der Waals surface area contributed by atoms with Crippen molar-refractivity contribution in [3.05, 3.63) is 84.7 Å². The van der Waals surface area contributed by atoms with Crippen LogP contribution in [0.25, 0.3) is 0 Å². The van der Waals surface area contributed by atoms with Crippen LogP contribution in [0, 0.1) is 5.82 Å². The van der Waals surface area contributed by atoms with Gasteiger partial charge in [0.15, 0.2) is 0 Å². The Morgan fingerprint density at radius 1 is 0.793 bits per heavy atom. The lowest BCUT2D eigenvalue weighted by Gasteiger charge is -2.09. The Kier molecular flexibility index (Phi) is 6.78. The topological polar surface area (TPSA) is 79.5 Å². The molecule has 148 valence electrons. The van der Waals surface area contributed by atoms with Gasteiger partial charge in [0.05, 0.1) is 0 Å². The summed E-state index contributed by atoms with van der Waals surface area (Å²) in [6.07, 6.45) is 0.129. The van der Waals surface area contributed by atoms with Crippen LogP contribution in [0.4, 0.5) is 20.6 Å². The van der Waals surface area contributed by atoms with E-state index in [1.54, 1.807) is 48.5 Å². The first-order valence-corrected chi connectivity index (χ1v) is 9.02. The summed E-state index contributed by atoms with van der Waals surface area (Å²) in [5.74, 6) is 0.302. The van der Waals surface area contributed by atoms with Crippen molar-refractivity contribution in [3.63, 3.8) is 0 Å². The second kappa shape index (κ2) is 9.89. The van der Waals surface area contributed by atoms with Crippen molar-refractivity contribution in [1.29, 1.82) is 0 Å². The summed E-state index contributed by atoms with van der Waals surface area (Å²) in [5, 5.41) is 8.04. The standard InChI is InChI=1S/C22H20FN3O3/c23-16-5-4-8-20(15-16)29-19-11-9-18(10-12-19)25-21(27)13-14-24-22(28)26-17-6-2-1-3-7-17/h1-12,15H,13-14H2,(H,25,27)(H2,24,26,28). The maximum atomic E-state index is 13.2. The third-order valence-corrected chi connectivity index (χ3v) is 3.84. The molecule has 3 N–H and O–H groups in total. The predicted octanol–water partition coefficient (Wildman–Crippen LogP) is 4.77. The highest BCUT2D eigenvalue weighted by Gasteiger charge is 2.06. The molecule has 0 saturated heterocycles. The maximum Gasteiger partial charge on any atom is 0.319 e. The lowest BCUT2D eigenvalue weighted by molar-refractivity contribution is -0.116. The number of nitrogens with one attached hydrogen (secondary N) is 3. The normalized spacial score (nSPS) is 10.1. The Balaban J connectivity index is 1.40. The minimum atomic E-state index is -0.377. The summed E-state index contributed by atoms with van der Waals surface area (Å²) in [6, 6.07) is 21.2. The SMILES string of the molecule is O=C(CCNC(=O)Nc1ccccc1)Nc1ccc(Oc2cccc(F)c2)cc1. The van der Waals surface area contributed by atoms with Gasteiger partial charge in [0.25, 0.3) is 0 Å². The monoisotopic (exact) mass is 393 g/mol. The number of halogens is 1. The highest BCUT2D eigenvalue weighted by Crippen LogP contribution is 2.23. The smallest absolute Gasteiger partial charge is 0.319 e. The van der Waals surface area contributed by atoms with Crippen molar-refractivity contribution in [2.45, 2.75) is 6.42 Å². The van der Waals surface area contributed by atoms with Crippen molar-refractivity contribution in [3.8, 4) is 11.5 Å². The predicted molar refractivity (Wildman–Crippen MR) is 110 cm³/mol. The number of carbonyl (C=O) groups is 2. The molecular weight excluding hydrogens is 373 g/mol. The summed E-state index contributed by atoms with van der Waals surface area (Å²) < 4.78 is 18.7. The van der Waals surface area contributed by atoms with Gasteiger partial charge in [0.1, 0.15) is 17.3 Å². The second-order valence-corrected chi connectivity index (χ2v) is 6.13. The van der Waals surface area contributed by atoms with Crippen LogP contribution < -0.4 is 20.7 Å². The van der Waals surface area contributed by atoms with Gasteiger partial charge in [-0.15, -0.1) is 0 Å². The van der Waals surface area contributed by atoms with E-state index in [0.29, 0.717) is 22.9 Å². The molecule has 0 heterocycles. The van der Waals surface area contributed by atoms with Gasteiger partial charge < -0.3 is 20.7 Å². The van der Waals surface area contributed by atoms with E-state index >= 15 is 0 Å². The molecule has 3 aromatic carbocycles. The Hall–Kier alpha value is -3.87. The Morgan fingerprint density at radius 3 is 2.24 bits per heavy atom. The summed E-state index contributed by atoms with van der Waals surface area (Å²) in [4.78, 5) is 23.8. The number of anilines is 2. The summed E-state index contributed by atoms with van der Waals surface area (Å²) in [7, 11) is 0. The van der Waals surface area contributed by atoms with Gasteiger partial charge in [-0.3, -0.25) is 4.79 Å². The molecule has 0 spiro atoms. The molecule has 0 aliphatic heterocycles. The molecular formula is C22H20FN3O3. The Morgan fingerprint density at radius 2 is 1.52 bits per heavy atom. The number of carbonyl (C=O) groups excluding carboxylic acids is 2. The molecule has 6 nitrogen and oxygen atoms in total. The van der Waals surface area contributed by atoms with E-state index in [-0.39, 0.29) is 30.7 Å². The van der Waals surface area contributed by atoms with Crippen LogP contribution >= 0.6 is 0 Å². The quantitative estimate of drug-likeness (QED) is 0.541. The van der Waals surface area contributed by atoms with Gasteiger partial charge in [-0.25, -0.2) is 9.18 Å². The average Bonchev–Trinajstić information content (AvgIpc) is 2.70. The Labute approximate surface area is 167 Å². The van der Waals surface area contributed by atoms with Crippen molar-refractivity contribution in [2.75, 3.05) is 17.2 Å². The van der Waals surface area contributed by atoms with Crippen LogP contribution in [0.5, 0.6) is 11.5 Å². The van der Waals surface area contributed by atoms with E-state index in [2.05, 4.69) is 16.0 Å². The van der Waals surface area contributed by atoms with E-state index < -0.39 is 0 Å². The third-order valence-electron chi connectivity index (χ3n) is 3.84. The lowest BCUT2D eigenvalue weighted by Crippen LogP contribution is -2.31. The number of hydrogen-bond donors (Lipinski definition) is 3. The van der Waals surface area contributed by atoms with Crippen LogP contribution in [-0.4, -0.2) is 18.5 Å². The van der Waals surface area contributed by atoms with E-state index in [1.807, 2.05) is 18.2 Å². The molecule has 0 radical (unpaired) electrons. The molecule has 0 atom stereocenters. The maximum absolute atomic E-state index is 13.2.